The highest BCUT2D eigenvalue weighted by Gasteiger charge is 2.31. The second kappa shape index (κ2) is 8.57. The largest absolute Gasteiger partial charge is 0.372 e. The Hall–Kier alpha value is -2.33. The Kier molecular flexibility index (Phi) is 6.66. The van der Waals surface area contributed by atoms with Gasteiger partial charge >= 0.3 is 0 Å². The Morgan fingerprint density at radius 1 is 1.44 bits per heavy atom. The molecule has 27 heavy (non-hydrogen) atoms. The van der Waals surface area contributed by atoms with Gasteiger partial charge in [-0.3, -0.25) is 4.79 Å². The first kappa shape index (κ1) is 21.0. The molecule has 6 nitrogen and oxygen atoms in total. The number of para-hydroxylation sites is 1. The Morgan fingerprint density at radius 2 is 2.15 bits per heavy atom. The van der Waals surface area contributed by atoms with Crippen molar-refractivity contribution in [2.24, 2.45) is 0 Å². The molecule has 1 aromatic rings. The number of amides is 1. The summed E-state index contributed by atoms with van der Waals surface area (Å²) < 4.78 is 23.5. The first-order chi connectivity index (χ1) is 12.7. The lowest BCUT2D eigenvalue weighted by molar-refractivity contribution is -0.112. The second-order valence-electron chi connectivity index (χ2n) is 7.19. The van der Waals surface area contributed by atoms with Crippen molar-refractivity contribution in [3.63, 3.8) is 0 Å². The van der Waals surface area contributed by atoms with Crippen molar-refractivity contribution in [2.45, 2.75) is 46.1 Å². The van der Waals surface area contributed by atoms with Gasteiger partial charge < -0.3 is 10.2 Å². The van der Waals surface area contributed by atoms with Crippen LogP contribution in [0.4, 0.5) is 5.69 Å². The monoisotopic (exact) mass is 389 g/mol. The molecule has 146 valence electrons. The quantitative estimate of drug-likeness (QED) is 0.597. The van der Waals surface area contributed by atoms with E-state index in [1.165, 1.54) is 6.20 Å². The van der Waals surface area contributed by atoms with Gasteiger partial charge in [-0.15, -0.1) is 0 Å². The Bertz CT molecular complexity index is 882. The van der Waals surface area contributed by atoms with E-state index in [1.54, 1.807) is 4.90 Å². The minimum atomic E-state index is -3.04. The lowest BCUT2D eigenvalue weighted by atomic mass is 9.98. The summed E-state index contributed by atoms with van der Waals surface area (Å²) in [5, 5.41) is 12.4. The van der Waals surface area contributed by atoms with Gasteiger partial charge in [0.2, 0.25) is 0 Å². The summed E-state index contributed by atoms with van der Waals surface area (Å²) in [7, 11) is -3.04. The molecule has 0 radical (unpaired) electrons. The van der Waals surface area contributed by atoms with Gasteiger partial charge in [0.05, 0.1) is 11.5 Å². The topological polar surface area (TPSA) is 90.3 Å². The zero-order valence-corrected chi connectivity index (χ0v) is 17.1. The highest BCUT2D eigenvalue weighted by atomic mass is 32.2. The molecule has 1 aliphatic rings. The van der Waals surface area contributed by atoms with Gasteiger partial charge in [0.25, 0.3) is 5.91 Å². The van der Waals surface area contributed by atoms with Crippen LogP contribution in [0.5, 0.6) is 0 Å². The molecule has 7 heteroatoms. The van der Waals surface area contributed by atoms with Crippen molar-refractivity contribution < 1.29 is 13.2 Å². The molecular weight excluding hydrogens is 362 g/mol. The van der Waals surface area contributed by atoms with E-state index in [1.807, 2.05) is 52.0 Å². The number of rotatable bonds is 6. The van der Waals surface area contributed by atoms with Gasteiger partial charge in [0.1, 0.15) is 11.6 Å². The molecule has 1 aliphatic heterocycles. The second-order valence-corrected chi connectivity index (χ2v) is 9.42. The maximum absolute atomic E-state index is 12.7. The summed E-state index contributed by atoms with van der Waals surface area (Å²) in [6.07, 6.45) is 2.01. The lowest BCUT2D eigenvalue weighted by Crippen LogP contribution is -2.32. The number of hydrogen-bond acceptors (Lipinski definition) is 5. The molecule has 0 spiro atoms. The molecule has 1 atom stereocenters. The fraction of sp³-hybridized carbons (Fsp3) is 0.500. The molecule has 0 aromatic heterocycles. The number of aryl methyl sites for hydroxylation is 1. The number of hydrogen-bond donors (Lipinski definition) is 1. The van der Waals surface area contributed by atoms with Crippen LogP contribution in [0.2, 0.25) is 0 Å². The molecular formula is C20H27N3O3S. The molecule has 0 aliphatic carbocycles. The molecule has 1 amide bonds. The molecule has 1 heterocycles. The smallest absolute Gasteiger partial charge is 0.267 e. The first-order valence-electron chi connectivity index (χ1n) is 9.17. The van der Waals surface area contributed by atoms with E-state index >= 15 is 0 Å². The van der Waals surface area contributed by atoms with Gasteiger partial charge in [0.15, 0.2) is 9.84 Å². The van der Waals surface area contributed by atoms with Crippen molar-refractivity contribution in [1.82, 2.24) is 4.90 Å². The normalized spacial score (nSPS) is 19.0. The summed E-state index contributed by atoms with van der Waals surface area (Å²) in [4.78, 5) is 14.5. The standard InChI is InChI=1S/C20H27N3O3S/c1-5-23(17-9-10-27(25,26)13-17)12-16(11-21)20(24)22-19-15(4)7-6-8-18(19)14(2)3/h6-8,12,14,17H,5,9-10,13H2,1-4H3,(H,22,24)/b16-12-. The SMILES string of the molecule is CCN(/C=C(/C#N)C(=O)Nc1c(C)cccc1C(C)C)C1CCS(=O)(=O)C1. The Morgan fingerprint density at radius 3 is 2.67 bits per heavy atom. The third-order valence-corrected chi connectivity index (χ3v) is 6.62. The number of nitrogens with one attached hydrogen (secondary N) is 1. The van der Waals surface area contributed by atoms with Crippen LogP contribution in [0.25, 0.3) is 0 Å². The number of nitrogens with zero attached hydrogens (tertiary/aromatic N) is 2. The van der Waals surface area contributed by atoms with E-state index in [-0.39, 0.29) is 29.0 Å². The van der Waals surface area contributed by atoms with E-state index in [4.69, 9.17) is 0 Å². The number of anilines is 1. The molecule has 1 N–H and O–H groups in total. The van der Waals surface area contributed by atoms with Gasteiger partial charge in [0, 0.05) is 24.5 Å². The number of carbonyl (C=O) groups excluding carboxylic acids is 1. The van der Waals surface area contributed by atoms with Crippen LogP contribution >= 0.6 is 0 Å². The van der Waals surface area contributed by atoms with Crippen LogP contribution in [-0.4, -0.2) is 43.3 Å². The summed E-state index contributed by atoms with van der Waals surface area (Å²) in [5.41, 5.74) is 2.64. The number of sulfone groups is 1. The summed E-state index contributed by atoms with van der Waals surface area (Å²) in [5.74, 6) is -0.0390. The summed E-state index contributed by atoms with van der Waals surface area (Å²) >= 11 is 0. The van der Waals surface area contributed by atoms with Crippen LogP contribution < -0.4 is 5.32 Å². The molecule has 1 aromatic carbocycles. The fourth-order valence-corrected chi connectivity index (χ4v) is 5.06. The third-order valence-electron chi connectivity index (χ3n) is 4.87. The number of carbonyl (C=O) groups is 1. The highest BCUT2D eigenvalue weighted by molar-refractivity contribution is 7.91. The van der Waals surface area contributed by atoms with E-state index in [2.05, 4.69) is 5.32 Å². The van der Waals surface area contributed by atoms with E-state index in [0.717, 1.165) is 16.8 Å². The van der Waals surface area contributed by atoms with E-state index in [9.17, 15) is 18.5 Å². The van der Waals surface area contributed by atoms with E-state index < -0.39 is 15.7 Å². The predicted octanol–water partition coefficient (Wildman–Crippen LogP) is 2.97. The maximum Gasteiger partial charge on any atom is 0.267 e. The van der Waals surface area contributed by atoms with Crippen molar-refractivity contribution >= 4 is 21.4 Å². The van der Waals surface area contributed by atoms with Crippen molar-refractivity contribution in [2.75, 3.05) is 23.4 Å². The fourth-order valence-electron chi connectivity index (χ4n) is 3.32. The van der Waals surface area contributed by atoms with Crippen LogP contribution in [0.3, 0.4) is 0 Å². The third kappa shape index (κ3) is 5.10. The minimum absolute atomic E-state index is 0.0286. The molecule has 1 saturated heterocycles. The van der Waals surface area contributed by atoms with Gasteiger partial charge in [-0.2, -0.15) is 5.26 Å². The minimum Gasteiger partial charge on any atom is -0.372 e. The van der Waals surface area contributed by atoms with Crippen molar-refractivity contribution in [3.8, 4) is 6.07 Å². The Labute approximate surface area is 161 Å². The number of benzene rings is 1. The molecule has 0 bridgehead atoms. The van der Waals surface area contributed by atoms with E-state index in [0.29, 0.717) is 13.0 Å². The van der Waals surface area contributed by atoms with Gasteiger partial charge in [-0.1, -0.05) is 32.0 Å². The Balaban J connectivity index is 2.26. The predicted molar refractivity (Wildman–Crippen MR) is 107 cm³/mol. The highest BCUT2D eigenvalue weighted by Crippen LogP contribution is 2.28. The number of nitriles is 1. The molecule has 2 rings (SSSR count). The van der Waals surface area contributed by atoms with Crippen molar-refractivity contribution in [3.05, 3.63) is 41.1 Å². The van der Waals surface area contributed by atoms with Crippen molar-refractivity contribution in [1.29, 1.82) is 5.26 Å². The average Bonchev–Trinajstić information content (AvgIpc) is 2.97. The summed E-state index contributed by atoms with van der Waals surface area (Å²) in [6, 6.07) is 7.59. The first-order valence-corrected chi connectivity index (χ1v) is 11.0. The molecule has 1 fully saturated rings. The van der Waals surface area contributed by atoms with Gasteiger partial charge in [-0.25, -0.2) is 8.42 Å². The van der Waals surface area contributed by atoms with Crippen LogP contribution in [-0.2, 0) is 14.6 Å². The average molecular weight is 390 g/mol. The van der Waals surface area contributed by atoms with Crippen LogP contribution in [0, 0.1) is 18.3 Å². The van der Waals surface area contributed by atoms with Gasteiger partial charge in [-0.05, 0) is 37.3 Å². The maximum atomic E-state index is 12.7. The molecule has 0 saturated carbocycles. The lowest BCUT2D eigenvalue weighted by Gasteiger charge is -2.25. The van der Waals surface area contributed by atoms with Crippen LogP contribution in [0.15, 0.2) is 30.0 Å². The zero-order valence-electron chi connectivity index (χ0n) is 16.3. The zero-order chi connectivity index (χ0) is 20.2. The molecule has 1 unspecified atom stereocenters. The summed E-state index contributed by atoms with van der Waals surface area (Å²) in [6.45, 7) is 8.42. The van der Waals surface area contributed by atoms with Crippen LogP contribution in [0.1, 0.15) is 44.2 Å².